The molecular formula is C37H41Cl3F3N5O4. The quantitative estimate of drug-likeness (QED) is 0.261. The SMILES string of the molecule is CC(C)(C)c1ccc(C2=N[C@@H](c3ccc(Cl)cc3)[C@@H](c3ccc(Cl)cc3)N2C(=O)N2CCN(C(=O)N3CCOCC3)CC2)c(OCC(F)(F)F)c1.Cl. The molecule has 280 valence electrons. The zero-order chi connectivity index (χ0) is 36.5. The zero-order valence-corrected chi connectivity index (χ0v) is 31.4. The first-order valence-corrected chi connectivity index (χ1v) is 17.6. The van der Waals surface area contributed by atoms with Crippen LogP contribution in [-0.2, 0) is 10.2 Å². The summed E-state index contributed by atoms with van der Waals surface area (Å²) in [5.74, 6) is 0.133. The molecule has 3 aliphatic rings. The highest BCUT2D eigenvalue weighted by Crippen LogP contribution is 2.46. The van der Waals surface area contributed by atoms with Crippen LogP contribution in [0.3, 0.4) is 0 Å². The van der Waals surface area contributed by atoms with Gasteiger partial charge in [0.25, 0.3) is 0 Å². The maximum absolute atomic E-state index is 14.9. The number of hydrogen-bond acceptors (Lipinski definition) is 5. The molecule has 0 saturated carbocycles. The number of amidine groups is 1. The second-order valence-corrected chi connectivity index (χ2v) is 14.7. The number of morpholine rings is 1. The Labute approximate surface area is 317 Å². The number of urea groups is 2. The van der Waals surface area contributed by atoms with Crippen LogP contribution in [0.2, 0.25) is 10.0 Å². The van der Waals surface area contributed by atoms with Crippen LogP contribution in [0.25, 0.3) is 0 Å². The molecule has 6 rings (SSSR count). The molecule has 0 N–H and O–H groups in total. The Bertz CT molecular complexity index is 1760. The average Bonchev–Trinajstić information content (AvgIpc) is 3.50. The molecule has 52 heavy (non-hydrogen) atoms. The Hall–Kier alpha value is -3.71. The van der Waals surface area contributed by atoms with Crippen LogP contribution in [0.15, 0.2) is 71.7 Å². The summed E-state index contributed by atoms with van der Waals surface area (Å²) in [6, 6.07) is 17.4. The first-order valence-electron chi connectivity index (χ1n) is 16.8. The van der Waals surface area contributed by atoms with E-state index in [1.54, 1.807) is 56.0 Å². The predicted molar refractivity (Wildman–Crippen MR) is 197 cm³/mol. The summed E-state index contributed by atoms with van der Waals surface area (Å²) >= 11 is 12.5. The Morgan fingerprint density at radius 3 is 1.85 bits per heavy atom. The van der Waals surface area contributed by atoms with Gasteiger partial charge in [-0.25, -0.2) is 9.59 Å². The van der Waals surface area contributed by atoms with Gasteiger partial charge in [-0.3, -0.25) is 9.89 Å². The number of hydrogen-bond donors (Lipinski definition) is 0. The minimum Gasteiger partial charge on any atom is -0.483 e. The molecule has 3 heterocycles. The van der Waals surface area contributed by atoms with Crippen molar-refractivity contribution in [2.24, 2.45) is 4.99 Å². The van der Waals surface area contributed by atoms with Crippen LogP contribution in [0.4, 0.5) is 22.8 Å². The maximum Gasteiger partial charge on any atom is 0.422 e. The molecule has 2 saturated heterocycles. The topological polar surface area (TPSA) is 77.9 Å². The Morgan fingerprint density at radius 2 is 1.31 bits per heavy atom. The average molecular weight is 783 g/mol. The Balaban J connectivity index is 0.00000523. The van der Waals surface area contributed by atoms with Crippen LogP contribution in [0.5, 0.6) is 5.75 Å². The minimum atomic E-state index is -4.60. The van der Waals surface area contributed by atoms with Crippen LogP contribution in [0, 0.1) is 0 Å². The molecule has 0 spiro atoms. The number of ether oxygens (including phenoxy) is 2. The van der Waals surface area contributed by atoms with E-state index in [1.165, 1.54) is 0 Å². The molecule has 3 aromatic carbocycles. The lowest BCUT2D eigenvalue weighted by molar-refractivity contribution is -0.153. The van der Waals surface area contributed by atoms with E-state index in [0.717, 1.165) is 16.7 Å². The summed E-state index contributed by atoms with van der Waals surface area (Å²) in [7, 11) is 0. The van der Waals surface area contributed by atoms with Gasteiger partial charge in [-0.15, -0.1) is 12.4 Å². The number of carbonyl (C=O) groups excluding carboxylic acids is 2. The zero-order valence-electron chi connectivity index (χ0n) is 29.0. The van der Waals surface area contributed by atoms with E-state index < -0.39 is 36.3 Å². The summed E-state index contributed by atoms with van der Waals surface area (Å²) in [5, 5.41) is 1.02. The second kappa shape index (κ2) is 16.1. The van der Waals surface area contributed by atoms with Gasteiger partial charge in [-0.05, 0) is 58.5 Å². The van der Waals surface area contributed by atoms with E-state index >= 15 is 0 Å². The number of benzene rings is 3. The van der Waals surface area contributed by atoms with Gasteiger partial charge in [0.05, 0.1) is 24.8 Å². The largest absolute Gasteiger partial charge is 0.483 e. The minimum absolute atomic E-state index is 0. The second-order valence-electron chi connectivity index (χ2n) is 13.8. The summed E-state index contributed by atoms with van der Waals surface area (Å²) in [5.41, 5.74) is 2.06. The van der Waals surface area contributed by atoms with E-state index in [4.69, 9.17) is 37.7 Å². The summed E-state index contributed by atoms with van der Waals surface area (Å²) in [6.07, 6.45) is -4.60. The van der Waals surface area contributed by atoms with Gasteiger partial charge >= 0.3 is 18.2 Å². The number of nitrogens with zero attached hydrogens (tertiary/aromatic N) is 5. The molecule has 0 bridgehead atoms. The third-order valence-corrected chi connectivity index (χ3v) is 9.78. The predicted octanol–water partition coefficient (Wildman–Crippen LogP) is 8.39. The molecule has 3 aromatic rings. The highest BCUT2D eigenvalue weighted by Gasteiger charge is 2.45. The Kier molecular flexibility index (Phi) is 12.2. The molecule has 0 aromatic heterocycles. The Morgan fingerprint density at radius 1 is 0.788 bits per heavy atom. The highest BCUT2D eigenvalue weighted by atomic mass is 35.5. The maximum atomic E-state index is 14.9. The standard InChI is InChI=1S/C37H40Cl2F3N5O4.ClH/c1-36(2,3)26-8-13-29(30(22-26)51-23-37(40,41)42)33-43-31(24-4-9-27(38)10-5-24)32(25-6-11-28(39)12-7-25)47(33)35(49)45-16-14-44(15-17-45)34(48)46-18-20-50-21-19-46;/h4-13,22,31-32H,14-21,23H2,1-3H3;1H/t31-,32+;/m0./s1. The van der Waals surface area contributed by atoms with Gasteiger partial charge in [0.2, 0.25) is 0 Å². The molecule has 9 nitrogen and oxygen atoms in total. The number of piperazine rings is 1. The van der Waals surface area contributed by atoms with Crippen molar-refractivity contribution < 1.29 is 32.2 Å². The molecule has 15 heteroatoms. The van der Waals surface area contributed by atoms with Crippen molar-refractivity contribution in [1.82, 2.24) is 19.6 Å². The van der Waals surface area contributed by atoms with Crippen molar-refractivity contribution in [1.29, 1.82) is 0 Å². The number of rotatable bonds is 5. The van der Waals surface area contributed by atoms with Crippen LogP contribution >= 0.6 is 35.6 Å². The third kappa shape index (κ3) is 8.90. The van der Waals surface area contributed by atoms with Crippen molar-refractivity contribution in [3.63, 3.8) is 0 Å². The fourth-order valence-corrected chi connectivity index (χ4v) is 6.76. The van der Waals surface area contributed by atoms with Gasteiger partial charge in [-0.2, -0.15) is 13.2 Å². The lowest BCUT2D eigenvalue weighted by Crippen LogP contribution is -2.58. The fourth-order valence-electron chi connectivity index (χ4n) is 6.50. The first-order chi connectivity index (χ1) is 24.2. The van der Waals surface area contributed by atoms with E-state index in [0.29, 0.717) is 49.4 Å². The highest BCUT2D eigenvalue weighted by molar-refractivity contribution is 6.30. The smallest absolute Gasteiger partial charge is 0.422 e. The summed E-state index contributed by atoms with van der Waals surface area (Å²) < 4.78 is 51.6. The van der Waals surface area contributed by atoms with Crippen LogP contribution in [0.1, 0.15) is 55.1 Å². The molecule has 0 radical (unpaired) electrons. The normalized spacial score (nSPS) is 19.7. The molecule has 2 atom stereocenters. The van der Waals surface area contributed by atoms with E-state index in [-0.39, 0.29) is 48.7 Å². The van der Waals surface area contributed by atoms with Gasteiger partial charge < -0.3 is 24.2 Å². The van der Waals surface area contributed by atoms with Gasteiger partial charge in [0, 0.05) is 49.3 Å². The van der Waals surface area contributed by atoms with E-state index in [9.17, 15) is 22.8 Å². The lowest BCUT2D eigenvalue weighted by Gasteiger charge is -2.40. The van der Waals surface area contributed by atoms with Crippen molar-refractivity contribution in [2.75, 3.05) is 59.1 Å². The van der Waals surface area contributed by atoms with Gasteiger partial charge in [0.1, 0.15) is 17.6 Å². The number of halogens is 6. The molecule has 0 aliphatic carbocycles. The number of amides is 4. The van der Waals surface area contributed by atoms with Gasteiger partial charge in [0.15, 0.2) is 6.61 Å². The van der Waals surface area contributed by atoms with Crippen LogP contribution in [-0.4, -0.2) is 103 Å². The lowest BCUT2D eigenvalue weighted by atomic mass is 9.86. The molecule has 3 aliphatic heterocycles. The molecule has 4 amide bonds. The van der Waals surface area contributed by atoms with E-state index in [2.05, 4.69) is 0 Å². The third-order valence-electron chi connectivity index (χ3n) is 9.28. The van der Waals surface area contributed by atoms with Crippen LogP contribution < -0.4 is 4.74 Å². The van der Waals surface area contributed by atoms with Crippen molar-refractivity contribution in [2.45, 2.75) is 44.4 Å². The van der Waals surface area contributed by atoms with E-state index in [1.807, 2.05) is 51.1 Å². The number of carbonyl (C=O) groups is 2. The molecular weight excluding hydrogens is 742 g/mol. The number of alkyl halides is 3. The summed E-state index contributed by atoms with van der Waals surface area (Å²) in [4.78, 5) is 39.9. The molecule has 0 unspecified atom stereocenters. The first kappa shape index (κ1) is 39.5. The van der Waals surface area contributed by atoms with Crippen molar-refractivity contribution >= 4 is 53.5 Å². The number of aliphatic imine (C=N–C) groups is 1. The molecule has 2 fully saturated rings. The fraction of sp³-hybridized carbons (Fsp3) is 0.432. The monoisotopic (exact) mass is 781 g/mol. The van der Waals surface area contributed by atoms with Gasteiger partial charge in [-0.1, -0.05) is 74.3 Å². The summed E-state index contributed by atoms with van der Waals surface area (Å²) in [6.45, 7) is 7.44. The van der Waals surface area contributed by atoms with Crippen molar-refractivity contribution in [3.8, 4) is 5.75 Å². The van der Waals surface area contributed by atoms with Crippen molar-refractivity contribution in [3.05, 3.63) is 99.0 Å².